The first-order chi connectivity index (χ1) is 9.08. The molecule has 1 rings (SSSR count). The molecule has 0 saturated carbocycles. The van der Waals surface area contributed by atoms with Gasteiger partial charge in [0.05, 0.1) is 7.11 Å². The molecule has 3 heteroatoms. The highest BCUT2D eigenvalue weighted by Gasteiger charge is 2.11. The van der Waals surface area contributed by atoms with Crippen LogP contribution in [0.15, 0.2) is 18.2 Å². The largest absolute Gasteiger partial charge is 0.496 e. The normalized spacial score (nSPS) is 12.0. The molecule has 0 aliphatic rings. The summed E-state index contributed by atoms with van der Waals surface area (Å²) in [5, 5.41) is 3.03. The number of hydrogen-bond donors (Lipinski definition) is 1. The van der Waals surface area contributed by atoms with Gasteiger partial charge in [-0.1, -0.05) is 32.3 Å². The average molecular weight is 263 g/mol. The Bertz CT molecular complexity index is 415. The van der Waals surface area contributed by atoms with E-state index >= 15 is 0 Å². The SMILES string of the molecule is CCCCCC(C)NC(=O)c1ccc(C)c(OC)c1. The second-order valence-electron chi connectivity index (χ2n) is 5.05. The summed E-state index contributed by atoms with van der Waals surface area (Å²) in [6, 6.07) is 5.76. The highest BCUT2D eigenvalue weighted by Crippen LogP contribution is 2.19. The van der Waals surface area contributed by atoms with Gasteiger partial charge in [-0.25, -0.2) is 0 Å². The standard InChI is InChI=1S/C16H25NO2/c1-5-6-7-8-13(3)17-16(18)14-10-9-12(2)15(11-14)19-4/h9-11,13H,5-8H2,1-4H3,(H,17,18). The van der Waals surface area contributed by atoms with Crippen LogP contribution in [0, 0.1) is 6.92 Å². The molecule has 0 spiro atoms. The summed E-state index contributed by atoms with van der Waals surface area (Å²) >= 11 is 0. The smallest absolute Gasteiger partial charge is 0.251 e. The van der Waals surface area contributed by atoms with E-state index in [1.165, 1.54) is 12.8 Å². The van der Waals surface area contributed by atoms with Crippen molar-refractivity contribution in [3.63, 3.8) is 0 Å². The number of carbonyl (C=O) groups is 1. The molecule has 106 valence electrons. The molecule has 0 heterocycles. The zero-order valence-electron chi connectivity index (χ0n) is 12.5. The van der Waals surface area contributed by atoms with Gasteiger partial charge in [-0.05, 0) is 38.0 Å². The van der Waals surface area contributed by atoms with Gasteiger partial charge in [-0.15, -0.1) is 0 Å². The lowest BCUT2D eigenvalue weighted by molar-refractivity contribution is 0.0937. The highest BCUT2D eigenvalue weighted by molar-refractivity contribution is 5.94. The average Bonchev–Trinajstić information content (AvgIpc) is 2.39. The van der Waals surface area contributed by atoms with Gasteiger partial charge < -0.3 is 10.1 Å². The van der Waals surface area contributed by atoms with Crippen LogP contribution in [0.3, 0.4) is 0 Å². The summed E-state index contributed by atoms with van der Waals surface area (Å²) < 4.78 is 5.24. The minimum Gasteiger partial charge on any atom is -0.496 e. The maximum atomic E-state index is 12.1. The molecular weight excluding hydrogens is 238 g/mol. The molecule has 0 saturated heterocycles. The third kappa shape index (κ3) is 4.93. The third-order valence-corrected chi connectivity index (χ3v) is 3.29. The second-order valence-corrected chi connectivity index (χ2v) is 5.05. The Morgan fingerprint density at radius 1 is 1.37 bits per heavy atom. The number of amides is 1. The lowest BCUT2D eigenvalue weighted by Crippen LogP contribution is -2.32. The first-order valence-corrected chi connectivity index (χ1v) is 7.04. The van der Waals surface area contributed by atoms with E-state index in [1.807, 2.05) is 19.1 Å². The van der Waals surface area contributed by atoms with Crippen LogP contribution < -0.4 is 10.1 Å². The number of carbonyl (C=O) groups excluding carboxylic acids is 1. The molecule has 0 radical (unpaired) electrons. The van der Waals surface area contributed by atoms with Gasteiger partial charge in [0.1, 0.15) is 5.75 Å². The van der Waals surface area contributed by atoms with Gasteiger partial charge in [0.15, 0.2) is 0 Å². The Kier molecular flexibility index (Phi) is 6.40. The number of methoxy groups -OCH3 is 1. The molecule has 0 aliphatic heterocycles. The molecule has 3 nitrogen and oxygen atoms in total. The molecule has 1 aromatic rings. The number of aryl methyl sites for hydroxylation is 1. The van der Waals surface area contributed by atoms with Crippen LogP contribution in [0.2, 0.25) is 0 Å². The molecule has 0 bridgehead atoms. The first kappa shape index (κ1) is 15.5. The zero-order chi connectivity index (χ0) is 14.3. The van der Waals surface area contributed by atoms with Gasteiger partial charge in [0, 0.05) is 11.6 Å². The fourth-order valence-electron chi connectivity index (χ4n) is 2.04. The van der Waals surface area contributed by atoms with Crippen LogP contribution in [-0.2, 0) is 0 Å². The number of benzene rings is 1. The minimum absolute atomic E-state index is 0.0256. The summed E-state index contributed by atoms with van der Waals surface area (Å²) in [5.41, 5.74) is 1.69. The van der Waals surface area contributed by atoms with E-state index in [-0.39, 0.29) is 11.9 Å². The van der Waals surface area contributed by atoms with Gasteiger partial charge in [-0.2, -0.15) is 0 Å². The van der Waals surface area contributed by atoms with E-state index in [4.69, 9.17) is 4.74 Å². The molecule has 0 fully saturated rings. The van der Waals surface area contributed by atoms with Gasteiger partial charge in [-0.3, -0.25) is 4.79 Å². The van der Waals surface area contributed by atoms with Crippen molar-refractivity contribution in [3.05, 3.63) is 29.3 Å². The van der Waals surface area contributed by atoms with Crippen LogP contribution in [0.1, 0.15) is 55.5 Å². The summed E-state index contributed by atoms with van der Waals surface area (Å²) in [6.45, 7) is 6.20. The van der Waals surface area contributed by atoms with Crippen molar-refractivity contribution >= 4 is 5.91 Å². The Hall–Kier alpha value is -1.51. The molecule has 1 amide bonds. The van der Waals surface area contributed by atoms with E-state index in [2.05, 4.69) is 19.2 Å². The van der Waals surface area contributed by atoms with Crippen molar-refractivity contribution < 1.29 is 9.53 Å². The van der Waals surface area contributed by atoms with Crippen molar-refractivity contribution in [2.75, 3.05) is 7.11 Å². The summed E-state index contributed by atoms with van der Waals surface area (Å²) in [7, 11) is 1.62. The highest BCUT2D eigenvalue weighted by atomic mass is 16.5. The Labute approximate surface area is 116 Å². The lowest BCUT2D eigenvalue weighted by atomic mass is 10.1. The fourth-order valence-corrected chi connectivity index (χ4v) is 2.04. The number of nitrogens with one attached hydrogen (secondary N) is 1. The van der Waals surface area contributed by atoms with Crippen molar-refractivity contribution in [3.8, 4) is 5.75 Å². The van der Waals surface area contributed by atoms with Gasteiger partial charge >= 0.3 is 0 Å². The number of unbranched alkanes of at least 4 members (excludes halogenated alkanes) is 2. The van der Waals surface area contributed by atoms with Crippen molar-refractivity contribution in [2.24, 2.45) is 0 Å². The molecule has 0 aromatic heterocycles. The predicted octanol–water partition coefficient (Wildman–Crippen LogP) is 3.70. The summed E-state index contributed by atoms with van der Waals surface area (Å²) in [4.78, 5) is 12.1. The number of hydrogen-bond acceptors (Lipinski definition) is 2. The molecule has 1 unspecified atom stereocenters. The zero-order valence-corrected chi connectivity index (χ0v) is 12.5. The molecule has 1 aromatic carbocycles. The number of ether oxygens (including phenoxy) is 1. The third-order valence-electron chi connectivity index (χ3n) is 3.29. The minimum atomic E-state index is -0.0256. The maximum Gasteiger partial charge on any atom is 0.251 e. The van der Waals surface area contributed by atoms with Crippen molar-refractivity contribution in [1.82, 2.24) is 5.32 Å². The molecule has 1 atom stereocenters. The van der Waals surface area contributed by atoms with Crippen LogP contribution in [-0.4, -0.2) is 19.1 Å². The predicted molar refractivity (Wildman–Crippen MR) is 78.8 cm³/mol. The molecule has 0 aliphatic carbocycles. The van der Waals surface area contributed by atoms with E-state index < -0.39 is 0 Å². The first-order valence-electron chi connectivity index (χ1n) is 7.04. The number of rotatable bonds is 7. The van der Waals surface area contributed by atoms with Gasteiger partial charge in [0.25, 0.3) is 5.91 Å². The quantitative estimate of drug-likeness (QED) is 0.762. The lowest BCUT2D eigenvalue weighted by Gasteiger charge is -2.14. The second kappa shape index (κ2) is 7.82. The maximum absolute atomic E-state index is 12.1. The van der Waals surface area contributed by atoms with Crippen LogP contribution >= 0.6 is 0 Å². The summed E-state index contributed by atoms with van der Waals surface area (Å²) in [6.07, 6.45) is 4.62. The van der Waals surface area contributed by atoms with Gasteiger partial charge in [0.2, 0.25) is 0 Å². The monoisotopic (exact) mass is 263 g/mol. The molecule has 19 heavy (non-hydrogen) atoms. The van der Waals surface area contributed by atoms with E-state index in [1.54, 1.807) is 13.2 Å². The topological polar surface area (TPSA) is 38.3 Å². The Balaban J connectivity index is 2.57. The molecular formula is C16H25NO2. The fraction of sp³-hybridized carbons (Fsp3) is 0.562. The van der Waals surface area contributed by atoms with Crippen LogP contribution in [0.5, 0.6) is 5.75 Å². The van der Waals surface area contributed by atoms with Crippen LogP contribution in [0.4, 0.5) is 0 Å². The van der Waals surface area contributed by atoms with E-state index in [0.717, 1.165) is 24.2 Å². The van der Waals surface area contributed by atoms with Crippen LogP contribution in [0.25, 0.3) is 0 Å². The van der Waals surface area contributed by atoms with E-state index in [0.29, 0.717) is 5.56 Å². The Morgan fingerprint density at radius 3 is 2.74 bits per heavy atom. The van der Waals surface area contributed by atoms with E-state index in [9.17, 15) is 4.79 Å². The molecule has 1 N–H and O–H groups in total. The van der Waals surface area contributed by atoms with Crippen molar-refractivity contribution in [2.45, 2.75) is 52.5 Å². The van der Waals surface area contributed by atoms with Crippen molar-refractivity contribution in [1.29, 1.82) is 0 Å². The summed E-state index contributed by atoms with van der Waals surface area (Å²) in [5.74, 6) is 0.730. The Morgan fingerprint density at radius 2 is 2.11 bits per heavy atom.